The summed E-state index contributed by atoms with van der Waals surface area (Å²) in [6, 6.07) is 21.2. The van der Waals surface area contributed by atoms with Crippen LogP contribution in [-0.2, 0) is 21.2 Å². The normalized spacial score (nSPS) is 12.3. The van der Waals surface area contributed by atoms with E-state index in [1.165, 1.54) is 11.0 Å². The number of ether oxygens (including phenoxy) is 2. The Morgan fingerprint density at radius 3 is 2.24 bits per heavy atom. The van der Waals surface area contributed by atoms with Crippen LogP contribution in [0.2, 0.25) is 0 Å². The van der Waals surface area contributed by atoms with Gasteiger partial charge in [0.25, 0.3) is 5.91 Å². The molecule has 11 heteroatoms. The van der Waals surface area contributed by atoms with Crippen molar-refractivity contribution in [1.82, 2.24) is 9.62 Å². The lowest BCUT2D eigenvalue weighted by Gasteiger charge is -2.29. The van der Waals surface area contributed by atoms with Crippen LogP contribution in [0.1, 0.15) is 48.4 Å². The van der Waals surface area contributed by atoms with Crippen molar-refractivity contribution in [3.8, 4) is 16.9 Å². The maximum atomic E-state index is 12.9. The number of sulfonamides is 1. The molecule has 226 valence electrons. The molecule has 0 radical (unpaired) electrons. The van der Waals surface area contributed by atoms with Gasteiger partial charge in [0.2, 0.25) is 10.0 Å². The van der Waals surface area contributed by atoms with E-state index in [-0.39, 0.29) is 24.5 Å². The van der Waals surface area contributed by atoms with E-state index in [2.05, 4.69) is 0 Å². The molecule has 2 amide bonds. The van der Waals surface area contributed by atoms with E-state index in [1.807, 2.05) is 47.2 Å². The second-order valence-corrected chi connectivity index (χ2v) is 12.5. The van der Waals surface area contributed by atoms with E-state index in [9.17, 15) is 27.5 Å². The summed E-state index contributed by atoms with van der Waals surface area (Å²) in [6.45, 7) is 4.65. The van der Waals surface area contributed by atoms with Gasteiger partial charge in [0.1, 0.15) is 24.6 Å². The molecule has 0 spiro atoms. The lowest BCUT2D eigenvalue weighted by molar-refractivity contribution is 0.0147. The number of nitrogens with zero attached hydrogens (tertiary/aromatic N) is 1. The van der Waals surface area contributed by atoms with Gasteiger partial charge in [0.15, 0.2) is 0 Å². The highest BCUT2D eigenvalue weighted by Gasteiger charge is 2.24. The Hall–Kier alpha value is -3.96. The SMILES string of the molecule is CC(C)(C)OC(=O)N(CCc1ccc(-c2ccc(C(=O)NS(C)(=O)=O)c(OCCF)c2)cc1)C[C@@H](O)c1ccccc1. The minimum atomic E-state index is -3.80. The first-order valence-corrected chi connectivity index (χ1v) is 15.3. The lowest BCUT2D eigenvalue weighted by Crippen LogP contribution is -2.40. The van der Waals surface area contributed by atoms with Crippen molar-refractivity contribution in [2.24, 2.45) is 0 Å². The van der Waals surface area contributed by atoms with Crippen molar-refractivity contribution in [3.05, 3.63) is 89.5 Å². The van der Waals surface area contributed by atoms with Gasteiger partial charge in [-0.1, -0.05) is 60.7 Å². The second kappa shape index (κ2) is 14.3. The van der Waals surface area contributed by atoms with Crippen LogP contribution < -0.4 is 9.46 Å². The number of hydrogen-bond donors (Lipinski definition) is 2. The summed E-state index contributed by atoms with van der Waals surface area (Å²) in [5.74, 6) is -0.819. The number of amides is 2. The largest absolute Gasteiger partial charge is 0.490 e. The molecule has 2 N–H and O–H groups in total. The van der Waals surface area contributed by atoms with Gasteiger partial charge in [-0.25, -0.2) is 22.3 Å². The predicted octanol–water partition coefficient (Wildman–Crippen LogP) is 4.90. The molecular formula is C31H37FN2O7S. The molecule has 0 aliphatic carbocycles. The molecule has 1 atom stereocenters. The van der Waals surface area contributed by atoms with Crippen LogP contribution in [0.3, 0.4) is 0 Å². The molecule has 0 aliphatic heterocycles. The summed E-state index contributed by atoms with van der Waals surface area (Å²) >= 11 is 0. The summed E-state index contributed by atoms with van der Waals surface area (Å²) in [5.41, 5.74) is 2.36. The van der Waals surface area contributed by atoms with Gasteiger partial charge in [-0.3, -0.25) is 4.79 Å². The van der Waals surface area contributed by atoms with Crippen LogP contribution in [0.25, 0.3) is 11.1 Å². The summed E-state index contributed by atoms with van der Waals surface area (Å²) in [5, 5.41) is 10.7. The van der Waals surface area contributed by atoms with Crippen LogP contribution in [0, 0.1) is 0 Å². The van der Waals surface area contributed by atoms with Crippen LogP contribution >= 0.6 is 0 Å². The monoisotopic (exact) mass is 600 g/mol. The third-order valence-corrected chi connectivity index (χ3v) is 6.58. The molecule has 0 fully saturated rings. The number of nitrogens with one attached hydrogen (secondary N) is 1. The Morgan fingerprint density at radius 1 is 1.00 bits per heavy atom. The topological polar surface area (TPSA) is 122 Å². The highest BCUT2D eigenvalue weighted by atomic mass is 32.2. The fourth-order valence-electron chi connectivity index (χ4n) is 4.08. The van der Waals surface area contributed by atoms with Crippen molar-refractivity contribution >= 4 is 22.0 Å². The molecule has 3 rings (SSSR count). The minimum Gasteiger partial charge on any atom is -0.490 e. The number of aliphatic hydroxyl groups is 1. The minimum absolute atomic E-state index is 0.0332. The zero-order valence-electron chi connectivity index (χ0n) is 24.2. The zero-order valence-corrected chi connectivity index (χ0v) is 25.0. The van der Waals surface area contributed by atoms with Gasteiger partial charge in [-0.2, -0.15) is 0 Å². The summed E-state index contributed by atoms with van der Waals surface area (Å²) < 4.78 is 48.7. The molecule has 0 unspecified atom stereocenters. The molecule has 0 aromatic heterocycles. The molecule has 9 nitrogen and oxygen atoms in total. The van der Waals surface area contributed by atoms with E-state index in [0.717, 1.165) is 17.4 Å². The maximum Gasteiger partial charge on any atom is 0.410 e. The van der Waals surface area contributed by atoms with Gasteiger partial charge >= 0.3 is 6.09 Å². The highest BCUT2D eigenvalue weighted by Crippen LogP contribution is 2.28. The van der Waals surface area contributed by atoms with E-state index < -0.39 is 40.4 Å². The van der Waals surface area contributed by atoms with E-state index >= 15 is 0 Å². The van der Waals surface area contributed by atoms with Crippen molar-refractivity contribution in [1.29, 1.82) is 0 Å². The fourth-order valence-corrected chi connectivity index (χ4v) is 4.53. The average molecular weight is 601 g/mol. The highest BCUT2D eigenvalue weighted by molar-refractivity contribution is 7.89. The smallest absolute Gasteiger partial charge is 0.410 e. The van der Waals surface area contributed by atoms with Gasteiger partial charge in [0, 0.05) is 6.54 Å². The van der Waals surface area contributed by atoms with E-state index in [0.29, 0.717) is 24.1 Å². The first-order valence-electron chi connectivity index (χ1n) is 13.4. The molecular weight excluding hydrogens is 563 g/mol. The quantitative estimate of drug-likeness (QED) is 0.303. The van der Waals surface area contributed by atoms with Gasteiger partial charge in [-0.05, 0) is 61.6 Å². The molecule has 0 saturated heterocycles. The Morgan fingerprint density at radius 2 is 1.64 bits per heavy atom. The number of carbonyl (C=O) groups excluding carboxylic acids is 2. The van der Waals surface area contributed by atoms with Crippen molar-refractivity contribution in [2.45, 2.75) is 38.9 Å². The fraction of sp³-hybridized carbons (Fsp3) is 0.355. The molecule has 0 aliphatic rings. The van der Waals surface area contributed by atoms with Gasteiger partial charge in [0.05, 0.1) is 24.5 Å². The number of rotatable bonds is 12. The Balaban J connectivity index is 1.76. The molecule has 42 heavy (non-hydrogen) atoms. The number of halogens is 1. The Kier molecular flexibility index (Phi) is 11.1. The third kappa shape index (κ3) is 10.1. The second-order valence-electron chi connectivity index (χ2n) is 10.8. The maximum absolute atomic E-state index is 12.9. The van der Waals surface area contributed by atoms with Crippen LogP contribution in [0.5, 0.6) is 5.75 Å². The summed E-state index contributed by atoms with van der Waals surface area (Å²) in [4.78, 5) is 26.9. The molecule has 0 saturated carbocycles. The number of aliphatic hydroxyl groups excluding tert-OH is 1. The summed E-state index contributed by atoms with van der Waals surface area (Å²) in [6.07, 6.45) is -0.0373. The van der Waals surface area contributed by atoms with Crippen molar-refractivity contribution < 1.29 is 37.0 Å². The average Bonchev–Trinajstić information content (AvgIpc) is 2.92. The molecule has 3 aromatic rings. The van der Waals surface area contributed by atoms with E-state index in [1.54, 1.807) is 45.0 Å². The van der Waals surface area contributed by atoms with Crippen LogP contribution in [0.15, 0.2) is 72.8 Å². The standard InChI is InChI=1S/C31H37FN2O7S/c1-31(2,3)41-30(37)34(21-27(35)24-8-6-5-7-9-24)18-16-22-10-12-23(13-11-22)25-14-15-26(28(20-25)40-19-17-32)29(36)33-42(4,38)39/h5-15,20,27,35H,16-19,21H2,1-4H3,(H,33,36)/t27-/m1/s1. The lowest BCUT2D eigenvalue weighted by atomic mass is 10.0. The van der Waals surface area contributed by atoms with Gasteiger partial charge in [-0.15, -0.1) is 0 Å². The molecule has 3 aromatic carbocycles. The molecule has 0 heterocycles. The number of benzene rings is 3. The third-order valence-electron chi connectivity index (χ3n) is 6.03. The first-order chi connectivity index (χ1) is 19.8. The van der Waals surface area contributed by atoms with E-state index in [4.69, 9.17) is 9.47 Å². The van der Waals surface area contributed by atoms with Crippen molar-refractivity contribution in [2.75, 3.05) is 32.6 Å². The number of carbonyl (C=O) groups is 2. The van der Waals surface area contributed by atoms with Gasteiger partial charge < -0.3 is 19.5 Å². The predicted molar refractivity (Wildman–Crippen MR) is 159 cm³/mol. The van der Waals surface area contributed by atoms with Crippen molar-refractivity contribution in [3.63, 3.8) is 0 Å². The Bertz CT molecular complexity index is 1460. The Labute approximate surface area is 246 Å². The first kappa shape index (κ1) is 32.6. The van der Waals surface area contributed by atoms with Crippen LogP contribution in [0.4, 0.5) is 9.18 Å². The number of hydrogen-bond acceptors (Lipinski definition) is 7. The zero-order chi connectivity index (χ0) is 30.9. The molecule has 0 bridgehead atoms. The van der Waals surface area contributed by atoms with Crippen LogP contribution in [-0.4, -0.2) is 68.7 Å². The summed E-state index contributed by atoms with van der Waals surface area (Å²) in [7, 11) is -3.80. The number of alkyl halides is 1.